The fourth-order valence-electron chi connectivity index (χ4n) is 1.08. The molecule has 4 nitrogen and oxygen atoms in total. The Morgan fingerprint density at radius 2 is 2.20 bits per heavy atom. The standard InChI is InChI=1S/C10H13N3OS/c1-5-7(3)15-10(8(5)4-11)13-9(14)6(2)12/h6H,12H2,1-3H3,(H,13,14)/t6-/m0/s1. The Morgan fingerprint density at radius 1 is 1.60 bits per heavy atom. The molecule has 0 spiro atoms. The molecular formula is C10H13N3OS. The predicted molar refractivity (Wildman–Crippen MR) is 60.8 cm³/mol. The number of hydrogen-bond donors (Lipinski definition) is 2. The smallest absolute Gasteiger partial charge is 0.241 e. The van der Waals surface area contributed by atoms with Crippen LogP contribution in [0.1, 0.15) is 22.9 Å². The SMILES string of the molecule is Cc1sc(NC(=O)[C@H](C)N)c(C#N)c1C. The van der Waals surface area contributed by atoms with Crippen molar-refractivity contribution >= 4 is 22.2 Å². The molecule has 1 amide bonds. The van der Waals surface area contributed by atoms with E-state index in [9.17, 15) is 4.79 Å². The van der Waals surface area contributed by atoms with Crippen LogP contribution in [0, 0.1) is 25.2 Å². The average molecular weight is 223 g/mol. The molecule has 1 atom stereocenters. The molecule has 0 saturated heterocycles. The molecule has 0 bridgehead atoms. The zero-order chi connectivity index (χ0) is 11.6. The van der Waals surface area contributed by atoms with E-state index in [1.54, 1.807) is 6.92 Å². The number of nitrogens with one attached hydrogen (secondary N) is 1. The van der Waals surface area contributed by atoms with Gasteiger partial charge in [-0.15, -0.1) is 11.3 Å². The van der Waals surface area contributed by atoms with Crippen LogP contribution >= 0.6 is 11.3 Å². The number of hydrogen-bond acceptors (Lipinski definition) is 4. The van der Waals surface area contributed by atoms with Crippen LogP contribution < -0.4 is 11.1 Å². The van der Waals surface area contributed by atoms with Crippen LogP contribution in [-0.4, -0.2) is 11.9 Å². The Morgan fingerprint density at radius 3 is 2.67 bits per heavy atom. The number of anilines is 1. The van der Waals surface area contributed by atoms with Gasteiger partial charge in [0.2, 0.25) is 5.91 Å². The summed E-state index contributed by atoms with van der Waals surface area (Å²) in [5, 5.41) is 12.2. The molecule has 1 aromatic rings. The number of nitrogens with zero attached hydrogens (tertiary/aromatic N) is 1. The van der Waals surface area contributed by atoms with Gasteiger partial charge >= 0.3 is 0 Å². The zero-order valence-corrected chi connectivity index (χ0v) is 9.73. The number of aryl methyl sites for hydroxylation is 1. The minimum absolute atomic E-state index is 0.271. The van der Waals surface area contributed by atoms with Gasteiger partial charge < -0.3 is 11.1 Å². The summed E-state index contributed by atoms with van der Waals surface area (Å²) in [7, 11) is 0. The molecule has 0 fully saturated rings. The monoisotopic (exact) mass is 223 g/mol. The highest BCUT2D eigenvalue weighted by molar-refractivity contribution is 7.16. The first-order valence-electron chi connectivity index (χ1n) is 4.54. The molecule has 15 heavy (non-hydrogen) atoms. The summed E-state index contributed by atoms with van der Waals surface area (Å²) in [5.41, 5.74) is 6.88. The first-order chi connectivity index (χ1) is 6.97. The summed E-state index contributed by atoms with van der Waals surface area (Å²) in [4.78, 5) is 12.4. The Kier molecular flexibility index (Phi) is 3.45. The highest BCUT2D eigenvalue weighted by Crippen LogP contribution is 2.31. The van der Waals surface area contributed by atoms with Gasteiger partial charge in [-0.2, -0.15) is 5.26 Å². The van der Waals surface area contributed by atoms with Crippen LogP contribution in [0.25, 0.3) is 0 Å². The molecule has 3 N–H and O–H groups in total. The number of carbonyl (C=O) groups is 1. The van der Waals surface area contributed by atoms with Gasteiger partial charge in [0.05, 0.1) is 11.6 Å². The van der Waals surface area contributed by atoms with E-state index in [-0.39, 0.29) is 5.91 Å². The van der Waals surface area contributed by atoms with Gasteiger partial charge in [0.15, 0.2) is 0 Å². The Hall–Kier alpha value is -1.38. The fraction of sp³-hybridized carbons (Fsp3) is 0.400. The molecule has 1 rings (SSSR count). The molecule has 0 unspecified atom stereocenters. The Bertz CT molecular complexity index is 429. The quantitative estimate of drug-likeness (QED) is 0.797. The molecule has 5 heteroatoms. The highest BCUT2D eigenvalue weighted by atomic mass is 32.1. The minimum Gasteiger partial charge on any atom is -0.320 e. The predicted octanol–water partition coefficient (Wildman–Crippen LogP) is 1.52. The van der Waals surface area contributed by atoms with Crippen molar-refractivity contribution in [1.82, 2.24) is 0 Å². The second kappa shape index (κ2) is 4.43. The summed E-state index contributed by atoms with van der Waals surface area (Å²) in [6.45, 7) is 5.39. The third-order valence-electron chi connectivity index (χ3n) is 2.15. The normalized spacial score (nSPS) is 11.9. The van der Waals surface area contributed by atoms with Crippen molar-refractivity contribution in [3.05, 3.63) is 16.0 Å². The fourth-order valence-corrected chi connectivity index (χ4v) is 2.09. The van der Waals surface area contributed by atoms with E-state index in [1.807, 2.05) is 13.8 Å². The summed E-state index contributed by atoms with van der Waals surface area (Å²) >= 11 is 1.40. The lowest BCUT2D eigenvalue weighted by atomic mass is 10.2. The Labute approximate surface area is 92.7 Å². The van der Waals surface area contributed by atoms with Crippen molar-refractivity contribution in [2.75, 3.05) is 5.32 Å². The number of amides is 1. The lowest BCUT2D eigenvalue weighted by molar-refractivity contribution is -0.117. The number of nitriles is 1. The minimum atomic E-state index is -0.570. The third-order valence-corrected chi connectivity index (χ3v) is 3.27. The molecular weight excluding hydrogens is 210 g/mol. The molecule has 0 radical (unpaired) electrons. The van der Waals surface area contributed by atoms with Crippen LogP contribution in [0.15, 0.2) is 0 Å². The Balaban J connectivity index is 3.02. The van der Waals surface area contributed by atoms with Crippen LogP contribution in [0.5, 0.6) is 0 Å². The second-order valence-electron chi connectivity index (χ2n) is 3.38. The number of carbonyl (C=O) groups excluding carboxylic acids is 1. The first kappa shape index (κ1) is 11.7. The molecule has 0 aliphatic rings. The zero-order valence-electron chi connectivity index (χ0n) is 8.92. The maximum absolute atomic E-state index is 11.4. The van der Waals surface area contributed by atoms with Gasteiger partial charge in [0.25, 0.3) is 0 Å². The van der Waals surface area contributed by atoms with Gasteiger partial charge in [-0.25, -0.2) is 0 Å². The summed E-state index contributed by atoms with van der Waals surface area (Å²) < 4.78 is 0. The van der Waals surface area contributed by atoms with E-state index in [0.717, 1.165) is 10.4 Å². The molecule has 0 aliphatic carbocycles. The third kappa shape index (κ3) is 2.35. The maximum atomic E-state index is 11.4. The van der Waals surface area contributed by atoms with E-state index in [2.05, 4.69) is 11.4 Å². The van der Waals surface area contributed by atoms with Gasteiger partial charge in [-0.1, -0.05) is 0 Å². The van der Waals surface area contributed by atoms with E-state index in [4.69, 9.17) is 11.0 Å². The number of rotatable bonds is 2. The first-order valence-corrected chi connectivity index (χ1v) is 5.35. The van der Waals surface area contributed by atoms with Crippen molar-refractivity contribution in [3.63, 3.8) is 0 Å². The van der Waals surface area contributed by atoms with E-state index < -0.39 is 6.04 Å². The van der Waals surface area contributed by atoms with Crippen LogP contribution in [0.3, 0.4) is 0 Å². The largest absolute Gasteiger partial charge is 0.320 e. The second-order valence-corrected chi connectivity index (χ2v) is 4.60. The topological polar surface area (TPSA) is 78.9 Å². The summed E-state index contributed by atoms with van der Waals surface area (Å²) in [6, 6.07) is 1.51. The molecule has 0 saturated carbocycles. The van der Waals surface area contributed by atoms with Gasteiger partial charge in [-0.05, 0) is 26.3 Å². The van der Waals surface area contributed by atoms with Gasteiger partial charge in [0, 0.05) is 4.88 Å². The number of thiophene rings is 1. The lowest BCUT2D eigenvalue weighted by Gasteiger charge is -2.05. The van der Waals surface area contributed by atoms with Crippen LogP contribution in [-0.2, 0) is 4.79 Å². The molecule has 0 aliphatic heterocycles. The van der Waals surface area contributed by atoms with E-state index in [0.29, 0.717) is 10.6 Å². The van der Waals surface area contributed by atoms with E-state index >= 15 is 0 Å². The van der Waals surface area contributed by atoms with Gasteiger partial charge in [0.1, 0.15) is 11.1 Å². The van der Waals surface area contributed by atoms with Crippen molar-refractivity contribution in [1.29, 1.82) is 5.26 Å². The summed E-state index contributed by atoms with van der Waals surface area (Å²) in [5.74, 6) is -0.271. The van der Waals surface area contributed by atoms with Crippen molar-refractivity contribution in [2.24, 2.45) is 5.73 Å². The molecule has 1 aromatic heterocycles. The number of nitrogens with two attached hydrogens (primary N) is 1. The highest BCUT2D eigenvalue weighted by Gasteiger charge is 2.15. The van der Waals surface area contributed by atoms with Crippen LogP contribution in [0.2, 0.25) is 0 Å². The van der Waals surface area contributed by atoms with Crippen molar-refractivity contribution in [2.45, 2.75) is 26.8 Å². The van der Waals surface area contributed by atoms with E-state index in [1.165, 1.54) is 11.3 Å². The summed E-state index contributed by atoms with van der Waals surface area (Å²) in [6.07, 6.45) is 0. The van der Waals surface area contributed by atoms with Crippen LogP contribution in [0.4, 0.5) is 5.00 Å². The van der Waals surface area contributed by atoms with Crippen molar-refractivity contribution < 1.29 is 4.79 Å². The van der Waals surface area contributed by atoms with Crippen molar-refractivity contribution in [3.8, 4) is 6.07 Å². The lowest BCUT2D eigenvalue weighted by Crippen LogP contribution is -2.32. The average Bonchev–Trinajstić information content (AvgIpc) is 2.42. The maximum Gasteiger partial charge on any atom is 0.241 e. The molecule has 1 heterocycles. The van der Waals surface area contributed by atoms with Gasteiger partial charge in [-0.3, -0.25) is 4.79 Å². The molecule has 0 aromatic carbocycles. The molecule has 80 valence electrons.